The van der Waals surface area contributed by atoms with E-state index in [1.54, 1.807) is 18.3 Å². The molecular weight excluding hydrogens is 648 g/mol. The first-order chi connectivity index (χ1) is 21.1. The highest BCUT2D eigenvalue weighted by Crippen LogP contribution is 2.37. The highest BCUT2D eigenvalue weighted by atomic mass is 35.5. The molecule has 0 bridgehead atoms. The molecule has 0 amide bonds. The number of esters is 2. The van der Waals surface area contributed by atoms with E-state index in [0.29, 0.717) is 11.6 Å². The van der Waals surface area contributed by atoms with Crippen molar-refractivity contribution < 1.29 is 51.8 Å². The number of rotatable bonds is 8. The van der Waals surface area contributed by atoms with Gasteiger partial charge in [-0.25, -0.2) is 14.4 Å². The molecule has 0 radical (unpaired) electrons. The number of aryl methyl sites for hydroxylation is 1. The van der Waals surface area contributed by atoms with Gasteiger partial charge < -0.3 is 19.3 Å². The predicted molar refractivity (Wildman–Crippen MR) is 155 cm³/mol. The lowest BCUT2D eigenvalue weighted by atomic mass is 10.1. The third kappa shape index (κ3) is 9.03. The van der Waals surface area contributed by atoms with Crippen molar-refractivity contribution in [2.75, 3.05) is 13.2 Å². The monoisotopic (exact) mass is 668 g/mol. The van der Waals surface area contributed by atoms with Crippen molar-refractivity contribution in [2.45, 2.75) is 20.0 Å². The molecule has 0 atom stereocenters. The van der Waals surface area contributed by atoms with Crippen molar-refractivity contribution >= 4 is 57.7 Å². The molecule has 11 nitrogen and oxygen atoms in total. The molecule has 0 aliphatic heterocycles. The number of aromatic nitrogens is 1. The molecule has 45 heavy (non-hydrogen) atoms. The fourth-order valence-electron chi connectivity index (χ4n) is 3.68. The van der Waals surface area contributed by atoms with E-state index in [-0.39, 0.29) is 33.7 Å². The molecule has 3 aromatic carbocycles. The van der Waals surface area contributed by atoms with Gasteiger partial charge in [-0.15, -0.1) is 0 Å². The fraction of sp³-hybridized carbons (Fsp3) is 0.172. The number of pyridine rings is 1. The zero-order chi connectivity index (χ0) is 33.5. The number of nitro groups is 1. The SMILES string of the molecule is CCOC(=O)COC(=O)c1cc(Oc2ccc(C(F)(F)F)cc2Cl)ccc1[N+](=O)[O-].Cc1cnc2c(C(=O)O)c(Cl)ccc2c1. The zero-order valence-corrected chi connectivity index (χ0v) is 24.7. The van der Waals surface area contributed by atoms with Crippen LogP contribution in [-0.2, 0) is 20.4 Å². The average molecular weight is 669 g/mol. The van der Waals surface area contributed by atoms with Crippen LogP contribution in [0.1, 0.15) is 38.8 Å². The van der Waals surface area contributed by atoms with Gasteiger partial charge in [0.2, 0.25) is 0 Å². The van der Waals surface area contributed by atoms with Crippen LogP contribution in [0.15, 0.2) is 60.8 Å². The number of nitrogens with zero attached hydrogens (tertiary/aromatic N) is 2. The largest absolute Gasteiger partial charge is 0.478 e. The number of alkyl halides is 3. The second-order valence-electron chi connectivity index (χ2n) is 8.87. The maximum atomic E-state index is 12.7. The summed E-state index contributed by atoms with van der Waals surface area (Å²) in [5.74, 6) is -3.41. The summed E-state index contributed by atoms with van der Waals surface area (Å²) in [6, 6.07) is 10.6. The first-order valence-corrected chi connectivity index (χ1v) is 13.3. The number of benzene rings is 3. The van der Waals surface area contributed by atoms with Crippen LogP contribution in [0.3, 0.4) is 0 Å². The van der Waals surface area contributed by atoms with Crippen LogP contribution in [0.2, 0.25) is 10.0 Å². The van der Waals surface area contributed by atoms with E-state index >= 15 is 0 Å². The predicted octanol–water partition coefficient (Wildman–Crippen LogP) is 7.67. The minimum absolute atomic E-state index is 0.0493. The van der Waals surface area contributed by atoms with Crippen LogP contribution >= 0.6 is 23.2 Å². The third-order valence-corrected chi connectivity index (χ3v) is 6.26. The first kappa shape index (κ1) is 34.5. The summed E-state index contributed by atoms with van der Waals surface area (Å²) in [5.41, 5.74) is -0.678. The summed E-state index contributed by atoms with van der Waals surface area (Å²) in [5, 5.41) is 20.8. The van der Waals surface area contributed by atoms with Crippen LogP contribution in [0.5, 0.6) is 11.5 Å². The summed E-state index contributed by atoms with van der Waals surface area (Å²) in [6.45, 7) is 2.73. The smallest absolute Gasteiger partial charge is 0.416 e. The number of carbonyl (C=O) groups is 3. The number of carbonyl (C=O) groups excluding carboxylic acids is 2. The Hall–Kier alpha value is -4.95. The van der Waals surface area contributed by atoms with Crippen molar-refractivity contribution in [1.29, 1.82) is 0 Å². The van der Waals surface area contributed by atoms with Gasteiger partial charge in [0, 0.05) is 23.7 Å². The Bertz CT molecular complexity index is 1780. The lowest BCUT2D eigenvalue weighted by Crippen LogP contribution is -2.17. The molecular formula is C29H21Cl2F3N2O9. The number of carboxylic acids is 1. The van der Waals surface area contributed by atoms with Crippen LogP contribution in [0.4, 0.5) is 18.9 Å². The summed E-state index contributed by atoms with van der Waals surface area (Å²) in [6.07, 6.45) is -2.98. The van der Waals surface area contributed by atoms with Gasteiger partial charge in [-0.3, -0.25) is 15.1 Å². The maximum Gasteiger partial charge on any atom is 0.416 e. The van der Waals surface area contributed by atoms with Crippen molar-refractivity contribution in [3.8, 4) is 11.5 Å². The topological polar surface area (TPSA) is 155 Å². The van der Waals surface area contributed by atoms with E-state index in [9.17, 15) is 37.7 Å². The quantitative estimate of drug-likeness (QED) is 0.112. The van der Waals surface area contributed by atoms with Gasteiger partial charge in [-0.2, -0.15) is 13.2 Å². The second kappa shape index (κ2) is 14.7. The maximum absolute atomic E-state index is 12.7. The Labute approximate surface area is 262 Å². The molecule has 0 spiro atoms. The molecule has 0 unspecified atom stereocenters. The van der Waals surface area contributed by atoms with Gasteiger partial charge in [0.05, 0.1) is 32.7 Å². The minimum atomic E-state index is -4.61. The second-order valence-corrected chi connectivity index (χ2v) is 9.69. The van der Waals surface area contributed by atoms with Crippen molar-refractivity contribution in [1.82, 2.24) is 4.98 Å². The van der Waals surface area contributed by atoms with E-state index in [1.807, 2.05) is 13.0 Å². The molecule has 4 aromatic rings. The standard InChI is InChI=1S/C18H13ClF3NO7.C11H8ClNO2/c1-2-28-16(24)9-29-17(25)12-8-11(4-5-14(12)23(26)27)30-15-6-3-10(7-13(15)19)18(20,21)22;1-6-4-7-2-3-8(12)9(11(14)15)10(7)13-5-6/h3-8H,2,9H2,1H3;2-5H,1H3,(H,14,15). The summed E-state index contributed by atoms with van der Waals surface area (Å²) in [7, 11) is 0. The Morgan fingerprint density at radius 1 is 1.00 bits per heavy atom. The zero-order valence-electron chi connectivity index (χ0n) is 23.2. The van der Waals surface area contributed by atoms with Gasteiger partial charge in [0.25, 0.3) is 5.69 Å². The van der Waals surface area contributed by atoms with Gasteiger partial charge >= 0.3 is 24.1 Å². The molecule has 1 aromatic heterocycles. The molecule has 0 aliphatic carbocycles. The molecule has 0 saturated heterocycles. The van der Waals surface area contributed by atoms with E-state index in [2.05, 4.69) is 9.72 Å². The molecule has 0 aliphatic rings. The van der Waals surface area contributed by atoms with Gasteiger partial charge in [-0.1, -0.05) is 29.3 Å². The van der Waals surface area contributed by atoms with Gasteiger partial charge in [-0.05, 0) is 55.8 Å². The van der Waals surface area contributed by atoms with Crippen molar-refractivity contribution in [3.05, 3.63) is 103 Å². The van der Waals surface area contributed by atoms with E-state index in [0.717, 1.165) is 41.3 Å². The molecule has 1 N–H and O–H groups in total. The number of hydrogen-bond donors (Lipinski definition) is 1. The Morgan fingerprint density at radius 2 is 1.71 bits per heavy atom. The summed E-state index contributed by atoms with van der Waals surface area (Å²) >= 11 is 11.6. The Balaban J connectivity index is 0.000000305. The average Bonchev–Trinajstić information content (AvgIpc) is 2.96. The molecule has 1 heterocycles. The van der Waals surface area contributed by atoms with Crippen molar-refractivity contribution in [2.24, 2.45) is 0 Å². The fourth-order valence-corrected chi connectivity index (χ4v) is 4.14. The van der Waals surface area contributed by atoms with Crippen LogP contribution in [0.25, 0.3) is 10.9 Å². The van der Waals surface area contributed by atoms with Crippen LogP contribution in [-0.4, -0.2) is 46.1 Å². The lowest BCUT2D eigenvalue weighted by Gasteiger charge is -2.12. The van der Waals surface area contributed by atoms with Gasteiger partial charge in [0.1, 0.15) is 22.6 Å². The molecule has 0 fully saturated rings. The highest BCUT2D eigenvalue weighted by Gasteiger charge is 2.31. The first-order valence-electron chi connectivity index (χ1n) is 12.6. The van der Waals surface area contributed by atoms with E-state index in [4.69, 9.17) is 37.8 Å². The number of aromatic carboxylic acids is 1. The Morgan fingerprint density at radius 3 is 2.31 bits per heavy atom. The minimum Gasteiger partial charge on any atom is -0.478 e. The van der Waals surface area contributed by atoms with E-state index < -0.39 is 52.4 Å². The Kier molecular flexibility index (Phi) is 11.3. The molecule has 236 valence electrons. The molecule has 16 heteroatoms. The number of fused-ring (bicyclic) bond motifs is 1. The molecule has 4 rings (SSSR count). The van der Waals surface area contributed by atoms with Crippen LogP contribution < -0.4 is 4.74 Å². The molecule has 0 saturated carbocycles. The number of ether oxygens (including phenoxy) is 3. The van der Waals surface area contributed by atoms with E-state index in [1.165, 1.54) is 6.92 Å². The number of carboxylic acid groups (broad SMARTS) is 1. The number of hydrogen-bond acceptors (Lipinski definition) is 9. The van der Waals surface area contributed by atoms with Crippen LogP contribution in [0, 0.1) is 17.0 Å². The summed E-state index contributed by atoms with van der Waals surface area (Å²) < 4.78 is 52.8. The van der Waals surface area contributed by atoms with Gasteiger partial charge in [0.15, 0.2) is 6.61 Å². The number of nitro benzene ring substituents is 1. The summed E-state index contributed by atoms with van der Waals surface area (Å²) in [4.78, 5) is 48.9. The lowest BCUT2D eigenvalue weighted by molar-refractivity contribution is -0.385. The van der Waals surface area contributed by atoms with Crippen molar-refractivity contribution in [3.63, 3.8) is 0 Å². The third-order valence-electron chi connectivity index (χ3n) is 5.65. The highest BCUT2D eigenvalue weighted by molar-refractivity contribution is 6.35. The normalized spacial score (nSPS) is 10.8. The number of halogens is 5.